The highest BCUT2D eigenvalue weighted by Gasteiger charge is 2.22. The average molecular weight is 464 g/mol. The Morgan fingerprint density at radius 3 is 2.32 bits per heavy atom. The molecule has 0 spiro atoms. The van der Waals surface area contributed by atoms with Crippen LogP contribution in [0.1, 0.15) is 46.0 Å². The number of rotatable bonds is 6. The molecule has 0 unspecified atom stereocenters. The number of carbonyl (C=O) groups is 2. The fourth-order valence-electron chi connectivity index (χ4n) is 4.04. The predicted molar refractivity (Wildman–Crippen MR) is 129 cm³/mol. The number of halogens is 2. The summed E-state index contributed by atoms with van der Waals surface area (Å²) < 4.78 is 27.2. The summed E-state index contributed by atoms with van der Waals surface area (Å²) in [7, 11) is 0. The van der Waals surface area contributed by atoms with Gasteiger partial charge in [0, 0.05) is 31.0 Å². The van der Waals surface area contributed by atoms with Crippen molar-refractivity contribution in [3.63, 3.8) is 0 Å². The van der Waals surface area contributed by atoms with Crippen LogP contribution < -0.4 is 15.5 Å². The van der Waals surface area contributed by atoms with E-state index < -0.39 is 11.7 Å². The van der Waals surface area contributed by atoms with Crippen molar-refractivity contribution in [3.05, 3.63) is 95.1 Å². The molecule has 0 atom stereocenters. The molecule has 1 aliphatic rings. The lowest BCUT2D eigenvalue weighted by Gasteiger charge is -2.33. The third kappa shape index (κ3) is 5.60. The van der Waals surface area contributed by atoms with Crippen LogP contribution >= 0.6 is 0 Å². The quantitative estimate of drug-likeness (QED) is 0.516. The molecule has 0 aliphatic carbocycles. The Balaban J connectivity index is 1.57. The summed E-state index contributed by atoms with van der Waals surface area (Å²) in [5.41, 5.74) is 2.30. The van der Waals surface area contributed by atoms with Crippen LogP contribution in [0.2, 0.25) is 0 Å². The van der Waals surface area contributed by atoms with E-state index in [1.807, 2.05) is 6.07 Å². The molecule has 4 rings (SSSR count). The van der Waals surface area contributed by atoms with Crippen LogP contribution in [0.3, 0.4) is 0 Å². The van der Waals surface area contributed by atoms with Crippen molar-refractivity contribution in [2.75, 3.05) is 23.3 Å². The maximum atomic E-state index is 14.0. The average Bonchev–Trinajstić information content (AvgIpc) is 2.84. The standard InChI is InChI=1S/C27H27F2N3O2/c1-18-12-14-32(15-13-18)25-11-10-21(31-27(34)22-4-2-3-5-24(22)29)16-23(25)26(33)30-17-19-6-8-20(28)9-7-19/h2-11,16,18H,12-15,17H2,1H3,(H,30,33)(H,31,34). The molecule has 3 aromatic rings. The summed E-state index contributed by atoms with van der Waals surface area (Å²) in [6.07, 6.45) is 2.06. The highest BCUT2D eigenvalue weighted by molar-refractivity contribution is 6.06. The summed E-state index contributed by atoms with van der Waals surface area (Å²) in [6, 6.07) is 16.8. The third-order valence-corrected chi connectivity index (χ3v) is 6.11. The molecule has 1 heterocycles. The Bertz CT molecular complexity index is 1170. The number of amides is 2. The fraction of sp³-hybridized carbons (Fsp3) is 0.259. The molecule has 0 bridgehead atoms. The van der Waals surface area contributed by atoms with Crippen molar-refractivity contribution in [2.45, 2.75) is 26.3 Å². The van der Waals surface area contributed by atoms with Gasteiger partial charge in [0.2, 0.25) is 0 Å². The highest BCUT2D eigenvalue weighted by Crippen LogP contribution is 2.29. The maximum absolute atomic E-state index is 14.0. The molecule has 1 saturated heterocycles. The van der Waals surface area contributed by atoms with Crippen LogP contribution in [-0.4, -0.2) is 24.9 Å². The van der Waals surface area contributed by atoms with Gasteiger partial charge in [0.15, 0.2) is 0 Å². The number of nitrogens with one attached hydrogen (secondary N) is 2. The monoisotopic (exact) mass is 463 g/mol. The SMILES string of the molecule is CC1CCN(c2ccc(NC(=O)c3ccccc3F)cc2C(=O)NCc2ccc(F)cc2)CC1. The Morgan fingerprint density at radius 2 is 1.62 bits per heavy atom. The Hall–Kier alpha value is -3.74. The first-order chi connectivity index (χ1) is 16.4. The summed E-state index contributed by atoms with van der Waals surface area (Å²) in [5, 5.41) is 5.58. The molecule has 2 amide bonds. The van der Waals surface area contributed by atoms with E-state index in [-0.39, 0.29) is 23.8 Å². The number of anilines is 2. The number of piperidine rings is 1. The zero-order valence-electron chi connectivity index (χ0n) is 19.0. The van der Waals surface area contributed by atoms with Gasteiger partial charge in [-0.1, -0.05) is 31.2 Å². The van der Waals surface area contributed by atoms with Crippen LogP contribution in [0.4, 0.5) is 20.2 Å². The number of hydrogen-bond acceptors (Lipinski definition) is 3. The summed E-state index contributed by atoms with van der Waals surface area (Å²) in [5.74, 6) is -1.21. The molecule has 176 valence electrons. The molecule has 0 radical (unpaired) electrons. The molecular weight excluding hydrogens is 436 g/mol. The molecule has 3 aromatic carbocycles. The van der Waals surface area contributed by atoms with Crippen LogP contribution in [0.25, 0.3) is 0 Å². The molecule has 1 aliphatic heterocycles. The van der Waals surface area contributed by atoms with Crippen LogP contribution in [0, 0.1) is 17.6 Å². The van der Waals surface area contributed by atoms with Crippen molar-refractivity contribution in [2.24, 2.45) is 5.92 Å². The van der Waals surface area contributed by atoms with E-state index in [2.05, 4.69) is 22.5 Å². The summed E-state index contributed by atoms with van der Waals surface area (Å²) >= 11 is 0. The Morgan fingerprint density at radius 1 is 0.912 bits per heavy atom. The molecule has 0 aromatic heterocycles. The van der Waals surface area contributed by atoms with E-state index in [4.69, 9.17) is 0 Å². The van der Waals surface area contributed by atoms with Gasteiger partial charge in [-0.2, -0.15) is 0 Å². The topological polar surface area (TPSA) is 61.4 Å². The summed E-state index contributed by atoms with van der Waals surface area (Å²) in [6.45, 7) is 4.12. The van der Waals surface area contributed by atoms with Gasteiger partial charge in [-0.25, -0.2) is 8.78 Å². The number of nitrogens with zero attached hydrogens (tertiary/aromatic N) is 1. The van der Waals surface area contributed by atoms with Gasteiger partial charge in [0.25, 0.3) is 11.8 Å². The van der Waals surface area contributed by atoms with Crippen molar-refractivity contribution in [1.82, 2.24) is 5.32 Å². The largest absolute Gasteiger partial charge is 0.371 e. The van der Waals surface area contributed by atoms with Crippen LogP contribution in [0.15, 0.2) is 66.7 Å². The second-order valence-electron chi connectivity index (χ2n) is 8.64. The first-order valence-corrected chi connectivity index (χ1v) is 11.4. The highest BCUT2D eigenvalue weighted by atomic mass is 19.1. The lowest BCUT2D eigenvalue weighted by molar-refractivity contribution is 0.0949. The lowest BCUT2D eigenvalue weighted by Crippen LogP contribution is -2.35. The molecule has 5 nitrogen and oxygen atoms in total. The third-order valence-electron chi connectivity index (χ3n) is 6.11. The van der Waals surface area contributed by atoms with Crippen molar-refractivity contribution < 1.29 is 18.4 Å². The second kappa shape index (κ2) is 10.5. The first-order valence-electron chi connectivity index (χ1n) is 11.4. The van der Waals surface area contributed by atoms with Gasteiger partial charge in [0.05, 0.1) is 11.1 Å². The van der Waals surface area contributed by atoms with Gasteiger partial charge < -0.3 is 15.5 Å². The van der Waals surface area contributed by atoms with Crippen molar-refractivity contribution in [1.29, 1.82) is 0 Å². The second-order valence-corrected chi connectivity index (χ2v) is 8.64. The van der Waals surface area contributed by atoms with E-state index in [0.29, 0.717) is 17.2 Å². The van der Waals surface area contributed by atoms with Gasteiger partial charge in [-0.05, 0) is 66.8 Å². The lowest BCUT2D eigenvalue weighted by atomic mass is 9.97. The van der Waals surface area contributed by atoms with Crippen molar-refractivity contribution >= 4 is 23.2 Å². The summed E-state index contributed by atoms with van der Waals surface area (Å²) in [4.78, 5) is 28.0. The van der Waals surface area contributed by atoms with E-state index in [9.17, 15) is 18.4 Å². The van der Waals surface area contributed by atoms with Crippen LogP contribution in [0.5, 0.6) is 0 Å². The van der Waals surface area contributed by atoms with Gasteiger partial charge >= 0.3 is 0 Å². The van der Waals surface area contributed by atoms with E-state index in [0.717, 1.165) is 37.2 Å². The van der Waals surface area contributed by atoms with E-state index in [1.165, 1.54) is 30.3 Å². The van der Waals surface area contributed by atoms with Gasteiger partial charge in [-0.3, -0.25) is 9.59 Å². The number of benzene rings is 3. The van der Waals surface area contributed by atoms with Gasteiger partial charge in [-0.15, -0.1) is 0 Å². The molecule has 1 fully saturated rings. The number of carbonyl (C=O) groups excluding carboxylic acids is 2. The minimum atomic E-state index is -0.615. The van der Waals surface area contributed by atoms with Gasteiger partial charge in [0.1, 0.15) is 11.6 Å². The number of hydrogen-bond donors (Lipinski definition) is 2. The predicted octanol–water partition coefficient (Wildman–Crippen LogP) is 5.38. The normalized spacial score (nSPS) is 14.0. The fourth-order valence-corrected chi connectivity index (χ4v) is 4.04. The Labute approximate surface area is 197 Å². The van der Waals surface area contributed by atoms with E-state index >= 15 is 0 Å². The van der Waals surface area contributed by atoms with E-state index in [1.54, 1.807) is 30.3 Å². The zero-order chi connectivity index (χ0) is 24.1. The Kier molecular flexibility index (Phi) is 7.21. The molecule has 34 heavy (non-hydrogen) atoms. The molecule has 7 heteroatoms. The minimum Gasteiger partial charge on any atom is -0.371 e. The molecule has 2 N–H and O–H groups in total. The molecular formula is C27H27F2N3O2. The molecule has 0 saturated carbocycles. The first kappa shape index (κ1) is 23.4. The van der Waals surface area contributed by atoms with Crippen molar-refractivity contribution in [3.8, 4) is 0 Å². The van der Waals surface area contributed by atoms with Crippen LogP contribution in [-0.2, 0) is 6.54 Å². The minimum absolute atomic E-state index is 0.0705. The smallest absolute Gasteiger partial charge is 0.258 e. The zero-order valence-corrected chi connectivity index (χ0v) is 19.0. The maximum Gasteiger partial charge on any atom is 0.258 e.